The van der Waals surface area contributed by atoms with E-state index in [4.69, 9.17) is 30.7 Å². The Morgan fingerprint density at radius 3 is 2.67 bits per heavy atom. The van der Waals surface area contributed by atoms with E-state index in [0.29, 0.717) is 16.7 Å². The topological polar surface area (TPSA) is 169 Å². The first kappa shape index (κ1) is 29.3. The lowest BCUT2D eigenvalue weighted by Crippen LogP contribution is -2.41. The van der Waals surface area contributed by atoms with Crippen molar-refractivity contribution in [1.29, 1.82) is 0 Å². The third kappa shape index (κ3) is 5.60. The van der Waals surface area contributed by atoms with Crippen molar-refractivity contribution < 1.29 is 43.5 Å². The highest BCUT2D eigenvalue weighted by Gasteiger charge is 2.56. The molecule has 3 heterocycles. The van der Waals surface area contributed by atoms with Gasteiger partial charge in [0.15, 0.2) is 11.9 Å². The molecule has 0 spiro atoms. The van der Waals surface area contributed by atoms with Crippen LogP contribution >= 0.6 is 7.75 Å². The Bertz CT molecular complexity index is 1480. The molecule has 0 saturated carbocycles. The van der Waals surface area contributed by atoms with E-state index in [2.05, 4.69) is 25.7 Å². The Morgan fingerprint density at radius 2 is 2.05 bits per heavy atom. The second-order valence-electron chi connectivity index (χ2n) is 9.11. The number of hydrogen-bond donors (Lipinski definition) is 3. The number of carbonyl (C=O) groups is 1. The first-order valence-electron chi connectivity index (χ1n) is 12.0. The van der Waals surface area contributed by atoms with Crippen molar-refractivity contribution in [3.8, 4) is 23.8 Å². The lowest BCUT2D eigenvalue weighted by atomic mass is 9.98. The largest absolute Gasteiger partial charge is 0.497 e. The number of rotatable bonds is 10. The van der Waals surface area contributed by atoms with E-state index in [1.165, 1.54) is 43.3 Å². The normalized spacial score (nSPS) is 24.7. The zero-order valence-electron chi connectivity index (χ0n) is 22.1. The number of nitrogens with zero attached hydrogens (tertiary/aromatic N) is 3. The molecule has 0 bridgehead atoms. The van der Waals surface area contributed by atoms with Gasteiger partial charge in [0.05, 0.1) is 31.8 Å². The fourth-order valence-corrected chi connectivity index (χ4v) is 5.75. The molecule has 2 aromatic heterocycles. The minimum atomic E-state index is -4.32. The molecule has 40 heavy (non-hydrogen) atoms. The number of halogens is 1. The van der Waals surface area contributed by atoms with Gasteiger partial charge < -0.3 is 34.1 Å². The Morgan fingerprint density at radius 1 is 1.38 bits per heavy atom. The molecular weight excluding hydrogens is 548 g/mol. The molecule has 0 aliphatic carbocycles. The first-order valence-corrected chi connectivity index (χ1v) is 13.5. The van der Waals surface area contributed by atoms with Gasteiger partial charge in [-0.05, 0) is 38.1 Å². The van der Waals surface area contributed by atoms with E-state index in [-0.39, 0.29) is 18.6 Å². The molecule has 6 atom stereocenters. The maximum atomic E-state index is 16.0. The molecule has 3 aromatic rings. The average molecular weight is 580 g/mol. The van der Waals surface area contributed by atoms with Crippen LogP contribution in [0, 0.1) is 12.3 Å². The minimum Gasteiger partial charge on any atom is -0.497 e. The molecule has 15 heteroatoms. The molecule has 0 radical (unpaired) electrons. The number of aromatic nitrogens is 3. The van der Waals surface area contributed by atoms with Gasteiger partial charge in [-0.1, -0.05) is 5.92 Å². The van der Waals surface area contributed by atoms with E-state index in [9.17, 15) is 14.5 Å². The van der Waals surface area contributed by atoms with Crippen LogP contribution in [0.15, 0.2) is 36.8 Å². The number of nitrogens with one attached hydrogen (secondary N) is 1. The summed E-state index contributed by atoms with van der Waals surface area (Å²) in [5.41, 5.74) is 4.09. The summed E-state index contributed by atoms with van der Waals surface area (Å²) >= 11 is 0. The van der Waals surface area contributed by atoms with Gasteiger partial charge in [0.2, 0.25) is 0 Å². The van der Waals surface area contributed by atoms with Crippen molar-refractivity contribution in [2.45, 2.75) is 44.0 Å². The second kappa shape index (κ2) is 11.4. The van der Waals surface area contributed by atoms with Gasteiger partial charge >= 0.3 is 13.7 Å². The maximum Gasteiger partial charge on any atom is 0.459 e. The van der Waals surface area contributed by atoms with E-state index in [1.807, 2.05) is 0 Å². The van der Waals surface area contributed by atoms with Crippen LogP contribution in [-0.2, 0) is 23.4 Å². The van der Waals surface area contributed by atoms with Gasteiger partial charge in [-0.3, -0.25) is 9.32 Å². The molecule has 1 fully saturated rings. The van der Waals surface area contributed by atoms with Crippen LogP contribution < -0.4 is 20.1 Å². The molecule has 0 amide bonds. The number of aliphatic hydroxyl groups excluding tert-OH is 1. The number of alkyl halides is 1. The molecule has 1 aliphatic heterocycles. The number of terminal acetylenes is 1. The second-order valence-corrected chi connectivity index (χ2v) is 10.8. The standard InChI is InChI=1S/C25H29FN5O8P.H2/c1-6-15-11-31(22-19(15)21(27)28-13-29-22)24-25(3,26)20(32)18(38-24)12-37-40(34,30-14(2)23(33)36-5)39-17-9-7-16(35-4)8-10-17;/h1,7-11,13-14,18,20,24,32H,12H2,2-5H3,(H,30,34)(H2,27,28,29);1H/t14?,18-,20-,24-,25-,40?;/m1./s1. The van der Waals surface area contributed by atoms with E-state index in [0.717, 1.165) is 14.0 Å². The highest BCUT2D eigenvalue weighted by Crippen LogP contribution is 2.48. The molecule has 4 N–H and O–H groups in total. The van der Waals surface area contributed by atoms with E-state index < -0.39 is 50.5 Å². The number of nitrogens with two attached hydrogens (primary N) is 1. The van der Waals surface area contributed by atoms with Gasteiger partial charge in [-0.15, -0.1) is 6.42 Å². The fraction of sp³-hybridized carbons (Fsp3) is 0.400. The van der Waals surface area contributed by atoms with Crippen molar-refractivity contribution in [3.05, 3.63) is 42.4 Å². The zero-order valence-corrected chi connectivity index (χ0v) is 23.0. The fourth-order valence-electron chi connectivity index (χ4n) is 4.25. The summed E-state index contributed by atoms with van der Waals surface area (Å²) in [5, 5.41) is 13.7. The number of ether oxygens (including phenoxy) is 3. The van der Waals surface area contributed by atoms with Crippen LogP contribution in [0.5, 0.6) is 11.5 Å². The Labute approximate surface area is 230 Å². The number of methoxy groups -OCH3 is 2. The smallest absolute Gasteiger partial charge is 0.459 e. The van der Waals surface area contributed by atoms with Crippen LogP contribution in [0.4, 0.5) is 10.2 Å². The summed E-state index contributed by atoms with van der Waals surface area (Å²) in [6.45, 7) is 1.94. The summed E-state index contributed by atoms with van der Waals surface area (Å²) in [5.74, 6) is 2.46. The molecule has 4 rings (SSSR count). The number of aliphatic hydroxyl groups is 1. The molecular formula is C25H31FN5O8P. The van der Waals surface area contributed by atoms with Crippen LogP contribution in [0.3, 0.4) is 0 Å². The highest BCUT2D eigenvalue weighted by molar-refractivity contribution is 7.52. The summed E-state index contributed by atoms with van der Waals surface area (Å²) in [4.78, 5) is 20.1. The summed E-state index contributed by atoms with van der Waals surface area (Å²) < 4.78 is 57.8. The SMILES string of the molecule is C#Cc1cn([C@@H]2O[C@H](COP(=O)(NC(C)C(=O)OC)Oc3ccc(OC)cc3)[C@@H](O)[C@@]2(C)F)c2ncnc(N)c12.[HH]. The number of anilines is 1. The van der Waals surface area contributed by atoms with Gasteiger partial charge in [0, 0.05) is 7.62 Å². The number of benzene rings is 1. The zero-order chi connectivity index (χ0) is 29.2. The lowest BCUT2D eigenvalue weighted by Gasteiger charge is -2.25. The Hall–Kier alpha value is -3.73. The lowest BCUT2D eigenvalue weighted by molar-refractivity contribution is -0.142. The third-order valence-corrected chi connectivity index (χ3v) is 8.01. The molecule has 13 nitrogen and oxygen atoms in total. The van der Waals surface area contributed by atoms with Crippen LogP contribution in [0.1, 0.15) is 27.1 Å². The van der Waals surface area contributed by atoms with Gasteiger partial charge in [0.1, 0.15) is 47.5 Å². The van der Waals surface area contributed by atoms with Gasteiger partial charge in [-0.2, -0.15) is 5.09 Å². The third-order valence-electron chi connectivity index (χ3n) is 6.36. The molecule has 2 unspecified atom stereocenters. The summed E-state index contributed by atoms with van der Waals surface area (Å²) in [6, 6.07) is 4.97. The maximum absolute atomic E-state index is 16.0. The summed E-state index contributed by atoms with van der Waals surface area (Å²) in [6.07, 6.45) is 3.73. The number of hydrogen-bond acceptors (Lipinski definition) is 11. The number of nitrogen functional groups attached to an aromatic ring is 1. The quantitative estimate of drug-likeness (QED) is 0.183. The molecule has 216 valence electrons. The van der Waals surface area contributed by atoms with Crippen molar-refractivity contribution in [3.63, 3.8) is 0 Å². The number of esters is 1. The van der Waals surface area contributed by atoms with E-state index in [1.54, 1.807) is 12.1 Å². The number of fused-ring (bicyclic) bond motifs is 1. The van der Waals surface area contributed by atoms with Crippen molar-refractivity contribution in [1.82, 2.24) is 19.6 Å². The van der Waals surface area contributed by atoms with Crippen LogP contribution in [0.2, 0.25) is 0 Å². The monoisotopic (exact) mass is 579 g/mol. The molecule has 1 saturated heterocycles. The van der Waals surface area contributed by atoms with Crippen molar-refractivity contribution in [2.24, 2.45) is 0 Å². The average Bonchev–Trinajstić information content (AvgIpc) is 3.42. The Balaban J connectivity index is 0.00000462. The van der Waals surface area contributed by atoms with Crippen molar-refractivity contribution in [2.75, 3.05) is 26.6 Å². The molecule has 1 aliphatic rings. The van der Waals surface area contributed by atoms with Crippen LogP contribution in [-0.4, -0.2) is 70.4 Å². The minimum absolute atomic E-state index is 0. The van der Waals surface area contributed by atoms with Gasteiger partial charge in [-0.25, -0.2) is 18.9 Å². The Kier molecular flexibility index (Phi) is 8.34. The predicted molar refractivity (Wildman–Crippen MR) is 143 cm³/mol. The first-order chi connectivity index (χ1) is 18.9. The molecule has 1 aromatic carbocycles. The highest BCUT2D eigenvalue weighted by atomic mass is 31.2. The van der Waals surface area contributed by atoms with Gasteiger partial charge in [0.25, 0.3) is 0 Å². The summed E-state index contributed by atoms with van der Waals surface area (Å²) in [7, 11) is -1.68. The van der Waals surface area contributed by atoms with Crippen molar-refractivity contribution >= 4 is 30.6 Å². The number of carbonyl (C=O) groups excluding carboxylic acids is 1. The predicted octanol–water partition coefficient (Wildman–Crippen LogP) is 2.59. The van der Waals surface area contributed by atoms with E-state index >= 15 is 4.39 Å². The van der Waals surface area contributed by atoms with Crippen LogP contribution in [0.25, 0.3) is 11.0 Å².